The molecule has 4 heteroatoms. The van der Waals surface area contributed by atoms with Crippen molar-refractivity contribution >= 4 is 11.9 Å². The summed E-state index contributed by atoms with van der Waals surface area (Å²) in [6.45, 7) is 5.17. The standard InChI is InChI=1S/C11H14O4/c1-3-9(12)14-8-5-4-7-6-11(8,2)15-10(7)13/h3,7-8H,1,4-6H2,2H3. The summed E-state index contributed by atoms with van der Waals surface area (Å²) < 4.78 is 10.5. The summed E-state index contributed by atoms with van der Waals surface area (Å²) >= 11 is 0. The number of hydrogen-bond donors (Lipinski definition) is 0. The molecular weight excluding hydrogens is 196 g/mol. The van der Waals surface area contributed by atoms with Crippen molar-refractivity contribution < 1.29 is 19.1 Å². The Morgan fingerprint density at radius 3 is 3.07 bits per heavy atom. The van der Waals surface area contributed by atoms with Crippen molar-refractivity contribution in [2.45, 2.75) is 37.9 Å². The van der Waals surface area contributed by atoms with Crippen LogP contribution < -0.4 is 0 Å². The van der Waals surface area contributed by atoms with E-state index < -0.39 is 11.6 Å². The third kappa shape index (κ3) is 1.64. The van der Waals surface area contributed by atoms with Crippen LogP contribution in [-0.4, -0.2) is 23.6 Å². The van der Waals surface area contributed by atoms with Crippen LogP contribution >= 0.6 is 0 Å². The number of carbonyl (C=O) groups excluding carboxylic acids is 2. The molecule has 0 aromatic carbocycles. The zero-order valence-electron chi connectivity index (χ0n) is 8.69. The van der Waals surface area contributed by atoms with Gasteiger partial charge in [-0.2, -0.15) is 0 Å². The molecule has 2 fully saturated rings. The van der Waals surface area contributed by atoms with Gasteiger partial charge in [0.2, 0.25) is 0 Å². The maximum absolute atomic E-state index is 11.4. The molecule has 1 aliphatic heterocycles. The Hall–Kier alpha value is -1.32. The molecule has 3 atom stereocenters. The largest absolute Gasteiger partial charge is 0.455 e. The van der Waals surface area contributed by atoms with Crippen LogP contribution in [0, 0.1) is 5.92 Å². The van der Waals surface area contributed by atoms with Gasteiger partial charge in [0.05, 0.1) is 5.92 Å². The molecule has 1 saturated heterocycles. The lowest BCUT2D eigenvalue weighted by molar-refractivity contribution is -0.169. The molecule has 2 rings (SSSR count). The van der Waals surface area contributed by atoms with Gasteiger partial charge in [-0.3, -0.25) is 4.79 Å². The van der Waals surface area contributed by atoms with Crippen LogP contribution in [0.3, 0.4) is 0 Å². The Kier molecular flexibility index (Phi) is 2.29. The predicted octanol–water partition coefficient (Wildman–Crippen LogP) is 1.20. The highest BCUT2D eigenvalue weighted by molar-refractivity contribution is 5.81. The van der Waals surface area contributed by atoms with Gasteiger partial charge in [0.15, 0.2) is 0 Å². The Morgan fingerprint density at radius 1 is 1.67 bits per heavy atom. The van der Waals surface area contributed by atoms with Crippen molar-refractivity contribution in [3.8, 4) is 0 Å². The quantitative estimate of drug-likeness (QED) is 0.507. The lowest BCUT2D eigenvalue weighted by Gasteiger charge is -2.34. The van der Waals surface area contributed by atoms with Gasteiger partial charge in [0.25, 0.3) is 0 Å². The van der Waals surface area contributed by atoms with Crippen molar-refractivity contribution in [2.75, 3.05) is 0 Å². The normalized spacial score (nSPS) is 38.3. The van der Waals surface area contributed by atoms with Crippen LogP contribution in [0.4, 0.5) is 0 Å². The summed E-state index contributed by atoms with van der Waals surface area (Å²) in [4.78, 5) is 22.5. The molecule has 15 heavy (non-hydrogen) atoms. The minimum absolute atomic E-state index is 0.00585. The number of rotatable bonds is 2. The molecule has 0 radical (unpaired) electrons. The number of ether oxygens (including phenoxy) is 2. The van der Waals surface area contributed by atoms with Gasteiger partial charge in [0, 0.05) is 12.5 Å². The van der Waals surface area contributed by atoms with Crippen LogP contribution in [-0.2, 0) is 19.1 Å². The Labute approximate surface area is 88.2 Å². The Morgan fingerprint density at radius 2 is 2.40 bits per heavy atom. The van der Waals surface area contributed by atoms with E-state index >= 15 is 0 Å². The van der Waals surface area contributed by atoms with Gasteiger partial charge in [-0.25, -0.2) is 4.79 Å². The number of carbonyl (C=O) groups is 2. The van der Waals surface area contributed by atoms with Crippen LogP contribution in [0.15, 0.2) is 12.7 Å². The first-order chi connectivity index (χ1) is 7.05. The Balaban J connectivity index is 2.11. The SMILES string of the molecule is C=CC(=O)OC1CCC2CC1(C)OC2=O. The summed E-state index contributed by atoms with van der Waals surface area (Å²) in [7, 11) is 0. The van der Waals surface area contributed by atoms with Crippen molar-refractivity contribution in [3.63, 3.8) is 0 Å². The molecule has 1 saturated carbocycles. The molecule has 1 aliphatic carbocycles. The average molecular weight is 210 g/mol. The molecule has 1 heterocycles. The topological polar surface area (TPSA) is 52.6 Å². The Bertz CT molecular complexity index is 323. The monoisotopic (exact) mass is 210 g/mol. The third-order valence-electron chi connectivity index (χ3n) is 3.20. The van der Waals surface area contributed by atoms with E-state index in [2.05, 4.69) is 6.58 Å². The maximum Gasteiger partial charge on any atom is 0.330 e. The zero-order chi connectivity index (χ0) is 11.1. The highest BCUT2D eigenvalue weighted by Gasteiger charge is 2.53. The molecule has 0 spiro atoms. The van der Waals surface area contributed by atoms with Crippen LogP contribution in [0.1, 0.15) is 26.2 Å². The van der Waals surface area contributed by atoms with E-state index in [1.807, 2.05) is 6.92 Å². The highest BCUT2D eigenvalue weighted by atomic mass is 16.6. The first-order valence-corrected chi connectivity index (χ1v) is 5.11. The van der Waals surface area contributed by atoms with Crippen LogP contribution in [0.5, 0.6) is 0 Å². The molecule has 2 bridgehead atoms. The number of esters is 2. The molecule has 0 N–H and O–H groups in total. The van der Waals surface area contributed by atoms with Crippen molar-refractivity contribution in [3.05, 3.63) is 12.7 Å². The molecule has 82 valence electrons. The van der Waals surface area contributed by atoms with E-state index in [0.717, 1.165) is 12.5 Å². The molecule has 0 amide bonds. The van der Waals surface area contributed by atoms with E-state index in [1.165, 1.54) is 0 Å². The molecule has 3 unspecified atom stereocenters. The second-order valence-electron chi connectivity index (χ2n) is 4.34. The minimum Gasteiger partial charge on any atom is -0.455 e. The van der Waals surface area contributed by atoms with E-state index in [-0.39, 0.29) is 18.0 Å². The van der Waals surface area contributed by atoms with Crippen molar-refractivity contribution in [1.82, 2.24) is 0 Å². The van der Waals surface area contributed by atoms with Gasteiger partial charge < -0.3 is 9.47 Å². The smallest absolute Gasteiger partial charge is 0.330 e. The summed E-state index contributed by atoms with van der Waals surface area (Å²) in [5, 5.41) is 0. The fourth-order valence-corrected chi connectivity index (χ4v) is 2.37. The molecule has 0 aromatic heterocycles. The number of hydrogen-bond acceptors (Lipinski definition) is 4. The van der Waals surface area contributed by atoms with Gasteiger partial charge in [0.1, 0.15) is 11.7 Å². The first-order valence-electron chi connectivity index (χ1n) is 5.11. The fourth-order valence-electron chi connectivity index (χ4n) is 2.37. The average Bonchev–Trinajstić information content (AvgIpc) is 2.43. The van der Waals surface area contributed by atoms with Gasteiger partial charge in [-0.1, -0.05) is 6.58 Å². The summed E-state index contributed by atoms with van der Waals surface area (Å²) in [6.07, 6.45) is 2.88. The second-order valence-corrected chi connectivity index (χ2v) is 4.34. The van der Waals surface area contributed by atoms with Crippen LogP contribution in [0.25, 0.3) is 0 Å². The molecular formula is C11H14O4. The number of fused-ring (bicyclic) bond motifs is 2. The minimum atomic E-state index is -0.626. The van der Waals surface area contributed by atoms with Gasteiger partial charge in [-0.05, 0) is 19.8 Å². The third-order valence-corrected chi connectivity index (χ3v) is 3.20. The molecule has 2 aliphatic rings. The van der Waals surface area contributed by atoms with Crippen molar-refractivity contribution in [1.29, 1.82) is 0 Å². The van der Waals surface area contributed by atoms with Gasteiger partial charge in [-0.15, -0.1) is 0 Å². The lowest BCUT2D eigenvalue weighted by atomic mass is 9.80. The summed E-state index contributed by atoms with van der Waals surface area (Å²) in [6, 6.07) is 0. The second kappa shape index (κ2) is 3.36. The zero-order valence-corrected chi connectivity index (χ0v) is 8.69. The molecule has 4 nitrogen and oxygen atoms in total. The fraction of sp³-hybridized carbons (Fsp3) is 0.636. The van der Waals surface area contributed by atoms with E-state index in [4.69, 9.17) is 9.47 Å². The van der Waals surface area contributed by atoms with E-state index in [1.54, 1.807) is 0 Å². The molecule has 0 aromatic rings. The summed E-state index contributed by atoms with van der Waals surface area (Å²) in [5.74, 6) is -0.619. The summed E-state index contributed by atoms with van der Waals surface area (Å²) in [5.41, 5.74) is -0.626. The lowest BCUT2D eigenvalue weighted by Crippen LogP contribution is -2.43. The highest BCUT2D eigenvalue weighted by Crippen LogP contribution is 2.43. The first kappa shape index (κ1) is 10.2. The van der Waals surface area contributed by atoms with E-state index in [0.29, 0.717) is 12.8 Å². The van der Waals surface area contributed by atoms with Crippen LogP contribution in [0.2, 0.25) is 0 Å². The van der Waals surface area contributed by atoms with E-state index in [9.17, 15) is 9.59 Å². The van der Waals surface area contributed by atoms with Gasteiger partial charge >= 0.3 is 11.9 Å². The predicted molar refractivity (Wildman–Crippen MR) is 51.9 cm³/mol. The van der Waals surface area contributed by atoms with Crippen molar-refractivity contribution in [2.24, 2.45) is 5.92 Å². The maximum atomic E-state index is 11.4.